The minimum Gasteiger partial charge on any atom is -0.493 e. The molecule has 1 aromatic heterocycles. The number of thioether (sulfide) groups is 1. The summed E-state index contributed by atoms with van der Waals surface area (Å²) in [6.07, 6.45) is 4.10. The fraction of sp³-hybridized carbons (Fsp3) is 0.462. The summed E-state index contributed by atoms with van der Waals surface area (Å²) in [6, 6.07) is 5.09. The van der Waals surface area contributed by atoms with Crippen molar-refractivity contribution in [1.82, 2.24) is 14.5 Å². The summed E-state index contributed by atoms with van der Waals surface area (Å²) < 4.78 is 1.44. The van der Waals surface area contributed by atoms with Gasteiger partial charge in [-0.2, -0.15) is 9.98 Å². The number of piperidine rings is 1. The van der Waals surface area contributed by atoms with Gasteiger partial charge in [0.05, 0.1) is 17.8 Å². The van der Waals surface area contributed by atoms with Gasteiger partial charge in [0, 0.05) is 31.0 Å². The number of nitrogens with one attached hydrogen (secondary N) is 1. The molecule has 12 nitrogen and oxygen atoms in total. The Labute approximate surface area is 242 Å². The van der Waals surface area contributed by atoms with Crippen LogP contribution >= 0.6 is 23.4 Å². The van der Waals surface area contributed by atoms with E-state index in [4.69, 9.17) is 28.8 Å². The Bertz CT molecular complexity index is 1400. The van der Waals surface area contributed by atoms with Crippen molar-refractivity contribution >= 4 is 40.9 Å². The monoisotopic (exact) mass is 590 g/mol. The number of carbonyl (C=O) groups is 1. The molecule has 0 saturated carbocycles. The van der Waals surface area contributed by atoms with E-state index >= 15 is 0 Å². The third kappa shape index (κ3) is 6.38. The number of aryl methyl sites for hydroxylation is 1. The van der Waals surface area contributed by atoms with Crippen molar-refractivity contribution in [3.8, 4) is 5.88 Å². The molecule has 0 bridgehead atoms. The lowest BCUT2D eigenvalue weighted by Gasteiger charge is -2.39. The van der Waals surface area contributed by atoms with Crippen LogP contribution in [0.3, 0.4) is 0 Å². The number of nitrogens with zero attached hydrogens (tertiary/aromatic N) is 4. The predicted octanol–water partition coefficient (Wildman–Crippen LogP) is 0.937. The SMILES string of the molecule is C[NH2+]/C(Sc1cccc(NC(=O)c2c(O)nc3n(c2=O)CCCC3)c1Cl)=C(N)\N=C(/N)N1CCC(C)(CN)CC1. The number of rotatable bonds is 7. The van der Waals surface area contributed by atoms with E-state index in [0.717, 1.165) is 38.8 Å². The number of likely N-dealkylation sites (tertiary alicyclic amines) is 1. The Kier molecular flexibility index (Phi) is 9.29. The second kappa shape index (κ2) is 12.5. The second-order valence-corrected chi connectivity index (χ2v) is 11.8. The third-order valence-electron chi connectivity index (χ3n) is 7.46. The number of hydrogen-bond donors (Lipinski definition) is 6. The summed E-state index contributed by atoms with van der Waals surface area (Å²) in [5.41, 5.74) is 17.9. The van der Waals surface area contributed by atoms with Crippen LogP contribution < -0.4 is 33.4 Å². The molecule has 216 valence electrons. The fourth-order valence-corrected chi connectivity index (χ4v) is 5.88. The topological polar surface area (TPSA) is 194 Å². The van der Waals surface area contributed by atoms with Gasteiger partial charge in [-0.3, -0.25) is 14.2 Å². The number of nitrogens with two attached hydrogens (primary N) is 4. The zero-order chi connectivity index (χ0) is 29.0. The largest absolute Gasteiger partial charge is 0.493 e. The van der Waals surface area contributed by atoms with Crippen LogP contribution in [0.4, 0.5) is 5.69 Å². The molecule has 2 aromatic rings. The standard InChI is InChI=1S/C26H36ClN9O3S/c1-26(14-28)9-12-35(13-10-26)25(30)34-20(29)23(31-2)40-16-7-5-6-15(19(16)27)32-21(37)18-22(38)33-17-8-3-4-11-36(17)24(18)39/h5-7,31,38H,3-4,8-14,28-29H2,1-2H3,(H2,30,34)(H,32,37)/p+1/b23-20+. The molecule has 3 heterocycles. The second-order valence-electron chi connectivity index (χ2n) is 10.3. The van der Waals surface area contributed by atoms with Crippen molar-refractivity contribution < 1.29 is 15.2 Å². The third-order valence-corrected chi connectivity index (χ3v) is 9.20. The van der Waals surface area contributed by atoms with E-state index in [2.05, 4.69) is 22.2 Å². The highest BCUT2D eigenvalue weighted by Crippen LogP contribution is 2.36. The molecule has 1 aromatic carbocycles. The predicted molar refractivity (Wildman–Crippen MR) is 157 cm³/mol. The Morgan fingerprint density at radius 3 is 2.67 bits per heavy atom. The zero-order valence-corrected chi connectivity index (χ0v) is 24.3. The lowest BCUT2D eigenvalue weighted by molar-refractivity contribution is -0.564. The molecular formula is C26H37ClN9O3S+. The zero-order valence-electron chi connectivity index (χ0n) is 22.7. The molecule has 2 aliphatic heterocycles. The average molecular weight is 591 g/mol. The molecule has 0 atom stereocenters. The van der Waals surface area contributed by atoms with Gasteiger partial charge in [-0.25, -0.2) is 0 Å². The summed E-state index contributed by atoms with van der Waals surface area (Å²) in [6.45, 7) is 4.77. The molecule has 10 N–H and O–H groups in total. The number of fused-ring (bicyclic) bond motifs is 1. The first kappa shape index (κ1) is 29.7. The van der Waals surface area contributed by atoms with E-state index < -0.39 is 22.9 Å². The van der Waals surface area contributed by atoms with Gasteiger partial charge < -0.3 is 37.8 Å². The molecule has 14 heteroatoms. The number of benzene rings is 1. The van der Waals surface area contributed by atoms with E-state index in [1.807, 2.05) is 11.9 Å². The Balaban J connectivity index is 1.52. The first-order chi connectivity index (χ1) is 19.1. The molecular weight excluding hydrogens is 554 g/mol. The average Bonchev–Trinajstić information content (AvgIpc) is 2.93. The number of guanidine groups is 1. The Morgan fingerprint density at radius 1 is 1.27 bits per heavy atom. The first-order valence-electron chi connectivity index (χ1n) is 13.3. The lowest BCUT2D eigenvalue weighted by atomic mass is 9.81. The van der Waals surface area contributed by atoms with Gasteiger partial charge in [0.25, 0.3) is 11.5 Å². The number of aliphatic imine (C=N–C) groups is 1. The van der Waals surface area contributed by atoms with E-state index in [0.29, 0.717) is 41.2 Å². The molecule has 1 amide bonds. The molecule has 0 spiro atoms. The van der Waals surface area contributed by atoms with Crippen molar-refractivity contribution in [2.45, 2.75) is 50.5 Å². The van der Waals surface area contributed by atoms with Crippen LogP contribution in [-0.4, -0.2) is 58.1 Å². The molecule has 0 unspecified atom stereocenters. The van der Waals surface area contributed by atoms with Gasteiger partial charge in [0.2, 0.25) is 10.9 Å². The molecule has 2 aliphatic rings. The fourth-order valence-electron chi connectivity index (χ4n) is 4.74. The molecule has 4 rings (SSSR count). The smallest absolute Gasteiger partial charge is 0.270 e. The van der Waals surface area contributed by atoms with Gasteiger partial charge in [0.15, 0.2) is 17.3 Å². The highest BCUT2D eigenvalue weighted by molar-refractivity contribution is 8.03. The van der Waals surface area contributed by atoms with E-state index in [1.165, 1.54) is 16.3 Å². The van der Waals surface area contributed by atoms with Crippen molar-refractivity contribution in [3.63, 3.8) is 0 Å². The normalized spacial score (nSPS) is 17.7. The quantitative estimate of drug-likeness (QED) is 0.154. The van der Waals surface area contributed by atoms with Crippen molar-refractivity contribution in [1.29, 1.82) is 0 Å². The summed E-state index contributed by atoms with van der Waals surface area (Å²) in [7, 11) is 1.83. The van der Waals surface area contributed by atoms with Crippen LogP contribution in [0.1, 0.15) is 48.8 Å². The summed E-state index contributed by atoms with van der Waals surface area (Å²) in [5, 5.41) is 15.7. The van der Waals surface area contributed by atoms with Gasteiger partial charge in [-0.1, -0.05) is 24.6 Å². The van der Waals surface area contributed by atoms with Crippen LogP contribution in [0.5, 0.6) is 5.88 Å². The van der Waals surface area contributed by atoms with Gasteiger partial charge in [-0.15, -0.1) is 0 Å². The number of anilines is 1. The lowest BCUT2D eigenvalue weighted by Crippen LogP contribution is -2.77. The Morgan fingerprint density at radius 2 is 2.00 bits per heavy atom. The van der Waals surface area contributed by atoms with E-state index in [-0.39, 0.29) is 21.9 Å². The highest BCUT2D eigenvalue weighted by atomic mass is 35.5. The van der Waals surface area contributed by atoms with Crippen molar-refractivity contribution in [2.24, 2.45) is 27.6 Å². The molecule has 40 heavy (non-hydrogen) atoms. The van der Waals surface area contributed by atoms with Crippen LogP contribution in [0.2, 0.25) is 5.02 Å². The van der Waals surface area contributed by atoms with E-state index in [9.17, 15) is 14.7 Å². The van der Waals surface area contributed by atoms with Crippen LogP contribution in [0.25, 0.3) is 0 Å². The minimum atomic E-state index is -0.790. The number of halogens is 1. The Hall–Kier alpha value is -3.26. The number of amides is 1. The number of aromatic nitrogens is 2. The number of hydrogen-bond acceptors (Lipinski definition) is 8. The maximum atomic E-state index is 13.1. The van der Waals surface area contributed by atoms with Crippen molar-refractivity contribution in [3.05, 3.63) is 55.8 Å². The highest BCUT2D eigenvalue weighted by Gasteiger charge is 2.30. The summed E-state index contributed by atoms with van der Waals surface area (Å²) in [4.78, 5) is 37.1. The van der Waals surface area contributed by atoms with Gasteiger partial charge >= 0.3 is 0 Å². The maximum absolute atomic E-state index is 13.1. The first-order valence-corrected chi connectivity index (χ1v) is 14.4. The molecule has 1 fully saturated rings. The van der Waals surface area contributed by atoms with Crippen LogP contribution in [-0.2, 0) is 13.0 Å². The molecule has 1 saturated heterocycles. The van der Waals surface area contributed by atoms with Crippen LogP contribution in [0.15, 0.2) is 43.7 Å². The van der Waals surface area contributed by atoms with E-state index in [1.54, 1.807) is 23.5 Å². The molecule has 0 radical (unpaired) electrons. The number of aromatic hydroxyl groups is 1. The van der Waals surface area contributed by atoms with Gasteiger partial charge in [0.1, 0.15) is 5.82 Å². The van der Waals surface area contributed by atoms with Crippen molar-refractivity contribution in [2.75, 3.05) is 32.0 Å². The number of quaternary nitrogens is 1. The minimum absolute atomic E-state index is 0.108. The number of carbonyl (C=O) groups excluding carboxylic acids is 1. The summed E-state index contributed by atoms with van der Waals surface area (Å²) >= 11 is 7.92. The maximum Gasteiger partial charge on any atom is 0.270 e. The van der Waals surface area contributed by atoms with Gasteiger partial charge in [-0.05, 0) is 61.5 Å². The molecule has 0 aliphatic carbocycles. The summed E-state index contributed by atoms with van der Waals surface area (Å²) in [5.74, 6) is -0.323. The van der Waals surface area contributed by atoms with Crippen LogP contribution in [0, 0.1) is 5.41 Å².